The van der Waals surface area contributed by atoms with Crippen molar-refractivity contribution in [1.82, 2.24) is 0 Å². The molecule has 1 aliphatic rings. The van der Waals surface area contributed by atoms with Crippen LogP contribution in [-0.2, 0) is 4.79 Å². The zero-order valence-corrected chi connectivity index (χ0v) is 43.8. The summed E-state index contributed by atoms with van der Waals surface area (Å²) in [6.45, 7) is 56.4. The number of ketones is 1. The van der Waals surface area contributed by atoms with Crippen LogP contribution in [-0.4, -0.2) is 38.1 Å². The average molecular weight is 802 g/mol. The molecular formula is C49H84OSi4. The summed E-state index contributed by atoms with van der Waals surface area (Å²) in [4.78, 5) is 15.2. The molecule has 0 aromatic rings. The highest BCUT2D eigenvalue weighted by atomic mass is 28.3. The first kappa shape index (κ1) is 50.3. The van der Waals surface area contributed by atoms with E-state index in [4.69, 9.17) is 0 Å². The van der Waals surface area contributed by atoms with Crippen molar-refractivity contribution in [3.05, 3.63) is 22.3 Å². The van der Waals surface area contributed by atoms with E-state index in [1.807, 2.05) is 0 Å². The van der Waals surface area contributed by atoms with E-state index < -0.39 is 32.3 Å². The Bertz CT molecular complexity index is 1430. The fraction of sp³-hybridized carbons (Fsp3) is 0.735. The summed E-state index contributed by atoms with van der Waals surface area (Å²) in [5, 5.41) is 0. The third kappa shape index (κ3) is 9.34. The summed E-state index contributed by atoms with van der Waals surface area (Å²) in [6.07, 6.45) is 0. The fourth-order valence-corrected chi connectivity index (χ4v) is 32.3. The summed E-state index contributed by atoms with van der Waals surface area (Å²) in [5.41, 5.74) is 24.1. The van der Waals surface area contributed by atoms with E-state index in [0.717, 1.165) is 11.1 Å². The maximum absolute atomic E-state index is 15.2. The third-order valence-corrected chi connectivity index (χ3v) is 39.4. The van der Waals surface area contributed by atoms with Crippen LogP contribution in [0.1, 0.15) is 166 Å². The van der Waals surface area contributed by atoms with Gasteiger partial charge in [0.25, 0.3) is 0 Å². The molecule has 54 heavy (non-hydrogen) atoms. The van der Waals surface area contributed by atoms with Crippen molar-refractivity contribution in [3.63, 3.8) is 0 Å². The molecule has 0 saturated carbocycles. The molecule has 0 N–H and O–H groups in total. The van der Waals surface area contributed by atoms with Crippen LogP contribution in [0.25, 0.3) is 0 Å². The van der Waals surface area contributed by atoms with Crippen molar-refractivity contribution >= 4 is 38.1 Å². The van der Waals surface area contributed by atoms with Gasteiger partial charge in [-0.2, -0.15) is 0 Å². The van der Waals surface area contributed by atoms with E-state index in [1.54, 1.807) is 0 Å². The van der Waals surface area contributed by atoms with E-state index in [-0.39, 0.29) is 5.78 Å². The molecule has 0 amide bonds. The molecule has 0 fully saturated rings. The zero-order chi connectivity index (χ0) is 42.5. The van der Waals surface area contributed by atoms with E-state index in [2.05, 4.69) is 212 Å². The van der Waals surface area contributed by atoms with E-state index in [0.29, 0.717) is 77.6 Å². The smallest absolute Gasteiger partial charge is 0.212 e. The van der Waals surface area contributed by atoms with Crippen molar-refractivity contribution in [3.8, 4) is 45.9 Å². The van der Waals surface area contributed by atoms with Gasteiger partial charge in [-0.1, -0.05) is 190 Å². The van der Waals surface area contributed by atoms with Gasteiger partial charge in [0.15, 0.2) is 0 Å². The molecule has 5 heteroatoms. The second kappa shape index (κ2) is 19.6. The van der Waals surface area contributed by atoms with E-state index in [9.17, 15) is 0 Å². The Hall–Kier alpha value is -1.74. The highest BCUT2D eigenvalue weighted by molar-refractivity contribution is 6.92. The number of hydrogen-bond acceptors (Lipinski definition) is 1. The maximum atomic E-state index is 15.2. The summed E-state index contributed by atoms with van der Waals surface area (Å²) >= 11 is 0. The predicted molar refractivity (Wildman–Crippen MR) is 254 cm³/mol. The van der Waals surface area contributed by atoms with Crippen molar-refractivity contribution in [1.29, 1.82) is 0 Å². The third-order valence-electron chi connectivity index (χ3n) is 14.3. The molecule has 0 aromatic heterocycles. The van der Waals surface area contributed by atoms with Crippen LogP contribution in [0, 0.1) is 45.9 Å². The van der Waals surface area contributed by atoms with Crippen LogP contribution in [0.4, 0.5) is 0 Å². The Morgan fingerprint density at radius 2 is 0.389 bits per heavy atom. The van der Waals surface area contributed by atoms with Crippen molar-refractivity contribution < 1.29 is 4.79 Å². The van der Waals surface area contributed by atoms with Gasteiger partial charge in [-0.25, -0.2) is 0 Å². The number of carbonyl (C=O) groups is 1. The molecule has 1 nitrogen and oxygen atoms in total. The molecule has 0 aliphatic heterocycles. The number of allylic oxidation sites excluding steroid dienone is 4. The Morgan fingerprint density at radius 3 is 0.519 bits per heavy atom. The molecule has 0 saturated heterocycles. The van der Waals surface area contributed by atoms with Gasteiger partial charge in [-0.15, -0.1) is 22.2 Å². The molecule has 1 aliphatic carbocycles. The zero-order valence-electron chi connectivity index (χ0n) is 39.8. The van der Waals surface area contributed by atoms with Crippen molar-refractivity contribution in [2.24, 2.45) is 0 Å². The molecule has 0 spiro atoms. The molecular weight excluding hydrogens is 717 g/mol. The van der Waals surface area contributed by atoms with Crippen LogP contribution < -0.4 is 0 Å². The highest BCUT2D eigenvalue weighted by Gasteiger charge is 2.46. The number of carbonyl (C=O) groups excluding carboxylic acids is 1. The van der Waals surface area contributed by atoms with Crippen LogP contribution in [0.2, 0.25) is 66.5 Å². The van der Waals surface area contributed by atoms with Crippen LogP contribution in [0.3, 0.4) is 0 Å². The SMILES string of the molecule is CC(C)[Si](C#CC1=C(C#C[Si](C(C)C)(C(C)C)C(C)C)C(C#C[Si](C(C)C)(C(C)C)C(C)C)=C(C#C[Si](C(C)C)(C(C)C)C(C)C)C1=O)(C(C)C)C(C)C. The summed E-state index contributed by atoms with van der Waals surface area (Å²) < 4.78 is 0. The molecule has 302 valence electrons. The van der Waals surface area contributed by atoms with Crippen molar-refractivity contribution in [2.75, 3.05) is 0 Å². The van der Waals surface area contributed by atoms with Gasteiger partial charge in [-0.3, -0.25) is 4.79 Å². The Labute approximate surface area is 342 Å². The van der Waals surface area contributed by atoms with E-state index >= 15 is 4.79 Å². The molecule has 1 rings (SSSR count). The minimum atomic E-state index is -2.16. The largest absolute Gasteiger partial charge is 0.287 e. The number of Topliss-reactive ketones (excluding diaryl/α,β-unsaturated/α-hetero) is 1. The van der Waals surface area contributed by atoms with Crippen LogP contribution in [0.5, 0.6) is 0 Å². The first-order chi connectivity index (χ1) is 24.6. The van der Waals surface area contributed by atoms with Gasteiger partial charge in [-0.05, 0) is 66.5 Å². The molecule has 0 atom stereocenters. The molecule has 0 aromatic carbocycles. The Morgan fingerprint density at radius 1 is 0.259 bits per heavy atom. The summed E-state index contributed by atoms with van der Waals surface area (Å²) in [6, 6.07) is 0. The number of hydrogen-bond donors (Lipinski definition) is 0. The second-order valence-electron chi connectivity index (χ2n) is 20.4. The lowest BCUT2D eigenvalue weighted by molar-refractivity contribution is -0.111. The molecule has 0 radical (unpaired) electrons. The summed E-state index contributed by atoms with van der Waals surface area (Å²) in [5.74, 6) is 15.0. The molecule has 0 heterocycles. The molecule has 0 unspecified atom stereocenters. The minimum absolute atomic E-state index is 0.0428. The second-order valence-corrected chi connectivity index (χ2v) is 42.7. The average Bonchev–Trinajstić information content (AvgIpc) is 3.25. The first-order valence-electron chi connectivity index (χ1n) is 21.8. The normalized spacial score (nSPS) is 14.9. The lowest BCUT2D eigenvalue weighted by Crippen LogP contribution is -2.43. The van der Waals surface area contributed by atoms with Gasteiger partial charge in [0.2, 0.25) is 5.78 Å². The van der Waals surface area contributed by atoms with Crippen LogP contribution >= 0.6 is 0 Å². The Kier molecular flexibility index (Phi) is 18.3. The fourth-order valence-electron chi connectivity index (χ4n) is 11.5. The van der Waals surface area contributed by atoms with E-state index in [1.165, 1.54) is 0 Å². The lowest BCUT2D eigenvalue weighted by atomic mass is 10.1. The Balaban J connectivity index is 4.92. The van der Waals surface area contributed by atoms with Gasteiger partial charge in [0.1, 0.15) is 32.3 Å². The monoisotopic (exact) mass is 801 g/mol. The standard InChI is InChI=1S/C49H84OSi4/c1-33(2)51(34(3)4,35(5)6)29-25-45-46(26-30-52(36(7)8,37(9)10)38(11)12)48(28-32-54(42(19)20,43(21)22)44(23)24)49(50)47(45)27-31-53(39(13)14,40(15)16)41(17)18/h33-44H,1-24H3. The van der Waals surface area contributed by atoms with Gasteiger partial charge in [0, 0.05) is 0 Å². The van der Waals surface area contributed by atoms with Gasteiger partial charge < -0.3 is 0 Å². The maximum Gasteiger partial charge on any atom is 0.212 e. The van der Waals surface area contributed by atoms with Gasteiger partial charge >= 0.3 is 0 Å². The lowest BCUT2D eigenvalue weighted by Gasteiger charge is -2.38. The first-order valence-corrected chi connectivity index (χ1v) is 30.7. The van der Waals surface area contributed by atoms with Crippen LogP contribution in [0.15, 0.2) is 22.3 Å². The minimum Gasteiger partial charge on any atom is -0.287 e. The van der Waals surface area contributed by atoms with Gasteiger partial charge in [0.05, 0.1) is 22.3 Å². The number of rotatable bonds is 12. The summed E-state index contributed by atoms with van der Waals surface area (Å²) in [7, 11) is -8.63. The quantitative estimate of drug-likeness (QED) is 0.142. The highest BCUT2D eigenvalue weighted by Crippen LogP contribution is 2.45. The van der Waals surface area contributed by atoms with Crippen molar-refractivity contribution in [2.45, 2.75) is 233 Å². The predicted octanol–water partition coefficient (Wildman–Crippen LogP) is 15.0. The molecule has 0 bridgehead atoms. The topological polar surface area (TPSA) is 17.1 Å².